The van der Waals surface area contributed by atoms with Gasteiger partial charge in [-0.25, -0.2) is 8.42 Å². The van der Waals surface area contributed by atoms with Crippen LogP contribution < -0.4 is 5.32 Å². The van der Waals surface area contributed by atoms with Crippen LogP contribution in [0, 0.1) is 5.92 Å². The first kappa shape index (κ1) is 21.5. The Kier molecular flexibility index (Phi) is 6.77. The molecule has 0 saturated carbocycles. The fraction of sp³-hybridized carbons (Fsp3) is 0.333. The number of sulfonamides is 1. The lowest BCUT2D eigenvalue weighted by Gasteiger charge is -2.31. The van der Waals surface area contributed by atoms with Crippen LogP contribution in [-0.4, -0.2) is 43.8 Å². The van der Waals surface area contributed by atoms with Crippen molar-refractivity contribution >= 4 is 39.2 Å². The van der Waals surface area contributed by atoms with Gasteiger partial charge in [0, 0.05) is 35.2 Å². The Bertz CT molecular complexity index is 1010. The molecule has 6 nitrogen and oxygen atoms in total. The first-order chi connectivity index (χ1) is 13.8. The molecule has 154 valence electrons. The molecule has 2 aromatic rings. The van der Waals surface area contributed by atoms with E-state index in [1.54, 1.807) is 42.5 Å². The molecule has 0 bridgehead atoms. The van der Waals surface area contributed by atoms with E-state index in [4.69, 9.17) is 0 Å². The van der Waals surface area contributed by atoms with Crippen LogP contribution in [0.1, 0.15) is 30.1 Å². The van der Waals surface area contributed by atoms with Crippen LogP contribution in [0.15, 0.2) is 58.3 Å². The summed E-state index contributed by atoms with van der Waals surface area (Å²) in [6, 6.07) is 13.8. The molecule has 1 amide bonds. The molecule has 3 rings (SSSR count). The van der Waals surface area contributed by atoms with Crippen molar-refractivity contribution in [1.82, 2.24) is 4.31 Å². The van der Waals surface area contributed by atoms with Gasteiger partial charge in [-0.2, -0.15) is 4.31 Å². The summed E-state index contributed by atoms with van der Waals surface area (Å²) in [6.07, 6.45) is 2.77. The monoisotopic (exact) mass is 432 g/mol. The number of carbonyl (C=O) groups is 2. The van der Waals surface area contributed by atoms with Gasteiger partial charge in [0.05, 0.1) is 4.90 Å². The van der Waals surface area contributed by atoms with Gasteiger partial charge in [0.15, 0.2) is 5.78 Å². The molecule has 0 atom stereocenters. The zero-order valence-electron chi connectivity index (χ0n) is 16.4. The number of benzene rings is 2. The summed E-state index contributed by atoms with van der Waals surface area (Å²) >= 11 is 1.40. The molecule has 1 fully saturated rings. The number of hydrogen-bond acceptors (Lipinski definition) is 5. The summed E-state index contributed by atoms with van der Waals surface area (Å²) < 4.78 is 27.5. The van der Waals surface area contributed by atoms with E-state index in [1.807, 2.05) is 12.3 Å². The van der Waals surface area contributed by atoms with Crippen molar-refractivity contribution in [2.45, 2.75) is 29.6 Å². The molecule has 1 aliphatic heterocycles. The van der Waals surface area contributed by atoms with E-state index < -0.39 is 10.0 Å². The zero-order valence-corrected chi connectivity index (χ0v) is 18.1. The number of nitrogens with zero attached hydrogens (tertiary/aromatic N) is 1. The summed E-state index contributed by atoms with van der Waals surface area (Å²) in [5.41, 5.74) is 1.11. The van der Waals surface area contributed by atoms with Crippen LogP contribution >= 0.6 is 11.8 Å². The van der Waals surface area contributed by atoms with Gasteiger partial charge in [-0.05, 0) is 50.3 Å². The maximum Gasteiger partial charge on any atom is 0.244 e. The first-order valence-electron chi connectivity index (χ1n) is 9.38. The normalized spacial score (nSPS) is 15.8. The minimum Gasteiger partial charge on any atom is -0.326 e. The summed E-state index contributed by atoms with van der Waals surface area (Å²) in [6.45, 7) is 2.08. The van der Waals surface area contributed by atoms with E-state index in [0.29, 0.717) is 42.1 Å². The molecular weight excluding hydrogens is 408 g/mol. The van der Waals surface area contributed by atoms with E-state index in [-0.39, 0.29) is 17.6 Å². The highest BCUT2D eigenvalue weighted by Crippen LogP contribution is 2.30. The number of thioether (sulfide) groups is 1. The molecule has 8 heteroatoms. The largest absolute Gasteiger partial charge is 0.326 e. The summed E-state index contributed by atoms with van der Waals surface area (Å²) in [4.78, 5) is 25.1. The first-order valence-corrected chi connectivity index (χ1v) is 12.0. The maximum absolute atomic E-state index is 13.0. The van der Waals surface area contributed by atoms with Crippen molar-refractivity contribution in [2.24, 2.45) is 5.92 Å². The van der Waals surface area contributed by atoms with Gasteiger partial charge < -0.3 is 5.32 Å². The van der Waals surface area contributed by atoms with Crippen molar-refractivity contribution in [3.05, 3.63) is 54.1 Å². The number of ketones is 1. The van der Waals surface area contributed by atoms with Gasteiger partial charge >= 0.3 is 0 Å². The molecule has 0 unspecified atom stereocenters. The molecule has 1 saturated heterocycles. The van der Waals surface area contributed by atoms with Crippen molar-refractivity contribution < 1.29 is 18.0 Å². The molecule has 1 aliphatic rings. The number of carbonyl (C=O) groups excluding carboxylic acids is 2. The molecule has 0 aliphatic carbocycles. The standard InChI is InChI=1S/C21H24N2O4S2/c1-15(24)17-6-5-7-18(14-17)22-21(25)16-10-12-23(13-11-16)29(26,27)20-9-4-3-8-19(20)28-2/h3-9,14,16H,10-13H2,1-2H3,(H,22,25). The summed E-state index contributed by atoms with van der Waals surface area (Å²) in [7, 11) is -3.58. The third kappa shape index (κ3) is 4.88. The SMILES string of the molecule is CSc1ccccc1S(=O)(=O)N1CCC(C(=O)Nc2cccc(C(C)=O)c2)CC1. The maximum atomic E-state index is 13.0. The average Bonchev–Trinajstić information content (AvgIpc) is 2.74. The van der Waals surface area contributed by atoms with E-state index in [9.17, 15) is 18.0 Å². The highest BCUT2D eigenvalue weighted by atomic mass is 32.2. The van der Waals surface area contributed by atoms with Crippen LogP contribution in [-0.2, 0) is 14.8 Å². The highest BCUT2D eigenvalue weighted by Gasteiger charge is 2.33. The summed E-state index contributed by atoms with van der Waals surface area (Å²) in [5.74, 6) is -0.476. The molecule has 2 aromatic carbocycles. The van der Waals surface area contributed by atoms with Crippen LogP contribution in [0.25, 0.3) is 0 Å². The van der Waals surface area contributed by atoms with Gasteiger partial charge in [0.2, 0.25) is 15.9 Å². The van der Waals surface area contributed by atoms with Crippen molar-refractivity contribution in [3.8, 4) is 0 Å². The van der Waals surface area contributed by atoms with Gasteiger partial charge in [-0.1, -0.05) is 24.3 Å². The van der Waals surface area contributed by atoms with Crippen molar-refractivity contribution in [2.75, 3.05) is 24.7 Å². The van der Waals surface area contributed by atoms with Gasteiger partial charge in [0.25, 0.3) is 0 Å². The lowest BCUT2D eigenvalue weighted by molar-refractivity contribution is -0.120. The highest BCUT2D eigenvalue weighted by molar-refractivity contribution is 7.99. The topological polar surface area (TPSA) is 83.6 Å². The molecule has 1 heterocycles. The predicted molar refractivity (Wildman–Crippen MR) is 115 cm³/mol. The number of rotatable bonds is 6. The lowest BCUT2D eigenvalue weighted by Crippen LogP contribution is -2.41. The van der Waals surface area contributed by atoms with Crippen LogP contribution in [0.5, 0.6) is 0 Å². The Hall–Kier alpha value is -2.16. The van der Waals surface area contributed by atoms with Crippen LogP contribution in [0.4, 0.5) is 5.69 Å². The Balaban J connectivity index is 1.65. The fourth-order valence-electron chi connectivity index (χ4n) is 3.39. The van der Waals surface area contributed by atoms with E-state index in [1.165, 1.54) is 23.0 Å². The molecule has 0 spiro atoms. The second-order valence-corrected chi connectivity index (χ2v) is 9.71. The quantitative estimate of drug-likeness (QED) is 0.556. The number of nitrogens with one attached hydrogen (secondary N) is 1. The second-order valence-electron chi connectivity index (χ2n) is 6.96. The zero-order chi connectivity index (χ0) is 21.0. The molecule has 0 aromatic heterocycles. The van der Waals surface area contributed by atoms with E-state index in [0.717, 1.165) is 4.90 Å². The molecular formula is C21H24N2O4S2. The number of anilines is 1. The minimum atomic E-state index is -3.58. The number of amides is 1. The Morgan fingerprint density at radius 1 is 1.07 bits per heavy atom. The third-order valence-corrected chi connectivity index (χ3v) is 7.93. The van der Waals surface area contributed by atoms with Crippen molar-refractivity contribution in [1.29, 1.82) is 0 Å². The Labute approximate surface area is 175 Å². The number of piperidine rings is 1. The third-order valence-electron chi connectivity index (χ3n) is 5.05. The predicted octanol–water partition coefficient (Wildman–Crippen LogP) is 3.65. The van der Waals surface area contributed by atoms with Gasteiger partial charge in [-0.3, -0.25) is 9.59 Å². The molecule has 29 heavy (non-hydrogen) atoms. The minimum absolute atomic E-state index is 0.0647. The van der Waals surface area contributed by atoms with Gasteiger partial charge in [0.1, 0.15) is 0 Å². The lowest BCUT2D eigenvalue weighted by atomic mass is 9.97. The fourth-order valence-corrected chi connectivity index (χ4v) is 5.98. The number of Topliss-reactive ketones (excluding diaryl/α,β-unsaturated/α-hetero) is 1. The second kappa shape index (κ2) is 9.11. The summed E-state index contributed by atoms with van der Waals surface area (Å²) in [5, 5.41) is 2.85. The Morgan fingerprint density at radius 3 is 2.41 bits per heavy atom. The molecule has 0 radical (unpaired) electrons. The van der Waals surface area contributed by atoms with Gasteiger partial charge in [-0.15, -0.1) is 11.8 Å². The average molecular weight is 433 g/mol. The Morgan fingerprint density at radius 2 is 1.76 bits per heavy atom. The van der Waals surface area contributed by atoms with E-state index >= 15 is 0 Å². The van der Waals surface area contributed by atoms with E-state index in [2.05, 4.69) is 5.32 Å². The van der Waals surface area contributed by atoms with Crippen molar-refractivity contribution in [3.63, 3.8) is 0 Å². The van der Waals surface area contributed by atoms with Crippen LogP contribution in [0.2, 0.25) is 0 Å². The van der Waals surface area contributed by atoms with Crippen LogP contribution in [0.3, 0.4) is 0 Å². The smallest absolute Gasteiger partial charge is 0.244 e. The number of hydrogen-bond donors (Lipinski definition) is 1. The molecule has 1 N–H and O–H groups in total.